The summed E-state index contributed by atoms with van der Waals surface area (Å²) in [5, 5.41) is 18.8. The molecule has 122 valence electrons. The Morgan fingerprint density at radius 2 is 1.91 bits per heavy atom. The smallest absolute Gasteiger partial charge is 0.151 e. The third-order valence-corrected chi connectivity index (χ3v) is 3.87. The summed E-state index contributed by atoms with van der Waals surface area (Å²) >= 11 is 0. The van der Waals surface area contributed by atoms with E-state index in [0.717, 1.165) is 22.6 Å². The van der Waals surface area contributed by atoms with E-state index in [-0.39, 0.29) is 19.1 Å². The Balaban J connectivity index is 2.61. The lowest BCUT2D eigenvalue weighted by molar-refractivity contribution is 0.116. The number of hydrogen-bond donors (Lipinski definition) is 3. The summed E-state index contributed by atoms with van der Waals surface area (Å²) in [6, 6.07) is 0. The Labute approximate surface area is 129 Å². The van der Waals surface area contributed by atoms with Crippen molar-refractivity contribution in [2.24, 2.45) is 5.92 Å². The van der Waals surface area contributed by atoms with Gasteiger partial charge in [-0.2, -0.15) is 0 Å². The van der Waals surface area contributed by atoms with E-state index in [0.29, 0.717) is 31.1 Å². The van der Waals surface area contributed by atoms with Crippen LogP contribution in [-0.4, -0.2) is 44.6 Å². The Hall–Kier alpha value is -1.70. The fraction of sp³-hybridized carbons (Fsp3) is 0.600. The minimum Gasteiger partial charge on any atom is -0.396 e. The van der Waals surface area contributed by atoms with Gasteiger partial charge in [-0.05, 0) is 26.3 Å². The van der Waals surface area contributed by atoms with Crippen LogP contribution in [0.3, 0.4) is 0 Å². The molecule has 0 saturated heterocycles. The summed E-state index contributed by atoms with van der Waals surface area (Å²) < 4.78 is 7.45. The predicted molar refractivity (Wildman–Crippen MR) is 84.4 cm³/mol. The van der Waals surface area contributed by atoms with E-state index < -0.39 is 0 Å². The molecular weight excluding hydrogens is 284 g/mol. The molecule has 0 amide bonds. The van der Waals surface area contributed by atoms with Gasteiger partial charge in [0.15, 0.2) is 5.82 Å². The second-order valence-electron chi connectivity index (χ2n) is 5.41. The van der Waals surface area contributed by atoms with E-state index in [1.807, 2.05) is 25.3 Å². The summed E-state index contributed by atoms with van der Waals surface area (Å²) in [5.41, 5.74) is 9.39. The molecule has 0 fully saturated rings. The van der Waals surface area contributed by atoms with Gasteiger partial charge in [-0.3, -0.25) is 0 Å². The van der Waals surface area contributed by atoms with E-state index in [2.05, 4.69) is 9.97 Å². The number of nitrogens with two attached hydrogens (primary N) is 1. The van der Waals surface area contributed by atoms with Gasteiger partial charge < -0.3 is 25.3 Å². The van der Waals surface area contributed by atoms with Crippen LogP contribution in [-0.2, 0) is 17.9 Å². The summed E-state index contributed by atoms with van der Waals surface area (Å²) in [5.74, 6) is 0.858. The van der Waals surface area contributed by atoms with Gasteiger partial charge in [-0.15, -0.1) is 0 Å². The lowest BCUT2D eigenvalue weighted by Crippen LogP contribution is -2.20. The Bertz CT molecular complexity index is 650. The van der Waals surface area contributed by atoms with Crippen LogP contribution < -0.4 is 5.73 Å². The third-order valence-electron chi connectivity index (χ3n) is 3.87. The zero-order chi connectivity index (χ0) is 16.3. The molecule has 0 aliphatic carbocycles. The highest BCUT2D eigenvalue weighted by molar-refractivity contribution is 5.88. The van der Waals surface area contributed by atoms with E-state index in [9.17, 15) is 10.2 Å². The Morgan fingerprint density at radius 1 is 1.23 bits per heavy atom. The summed E-state index contributed by atoms with van der Waals surface area (Å²) in [6.07, 6.45) is 0. The largest absolute Gasteiger partial charge is 0.396 e. The van der Waals surface area contributed by atoms with Crippen molar-refractivity contribution in [3.63, 3.8) is 0 Å². The first-order valence-corrected chi connectivity index (χ1v) is 7.44. The van der Waals surface area contributed by atoms with Crippen LogP contribution in [0.5, 0.6) is 0 Å². The van der Waals surface area contributed by atoms with Gasteiger partial charge in [0.1, 0.15) is 17.9 Å². The maximum atomic E-state index is 9.38. The quantitative estimate of drug-likeness (QED) is 0.697. The predicted octanol–water partition coefficient (Wildman–Crippen LogP) is 0.768. The van der Waals surface area contributed by atoms with Crippen LogP contribution in [0.1, 0.15) is 24.0 Å². The first-order chi connectivity index (χ1) is 10.5. The number of aromatic nitrogens is 3. The minimum atomic E-state index is -0.258. The molecular formula is C15H24N4O3. The fourth-order valence-electron chi connectivity index (χ4n) is 2.48. The molecule has 7 heteroatoms. The molecule has 2 aromatic heterocycles. The van der Waals surface area contributed by atoms with Crippen LogP contribution in [0.25, 0.3) is 11.0 Å². The number of imidazole rings is 1. The van der Waals surface area contributed by atoms with Gasteiger partial charge in [0, 0.05) is 38.0 Å². The van der Waals surface area contributed by atoms with E-state index in [4.69, 9.17) is 10.5 Å². The number of aliphatic hydroxyl groups excluding tert-OH is 2. The van der Waals surface area contributed by atoms with Crippen molar-refractivity contribution >= 4 is 16.9 Å². The molecule has 0 bridgehead atoms. The first kappa shape index (κ1) is 16.7. The number of aryl methyl sites for hydroxylation is 2. The zero-order valence-corrected chi connectivity index (χ0v) is 13.3. The normalized spacial score (nSPS) is 11.7. The number of ether oxygens (including phenoxy) is 1. The van der Waals surface area contributed by atoms with E-state index >= 15 is 0 Å². The number of hydrogen-bond acceptors (Lipinski definition) is 6. The van der Waals surface area contributed by atoms with Crippen LogP contribution in [0, 0.1) is 19.8 Å². The molecule has 7 nitrogen and oxygen atoms in total. The summed E-state index contributed by atoms with van der Waals surface area (Å²) in [4.78, 5) is 8.88. The number of anilines is 1. The van der Waals surface area contributed by atoms with Crippen LogP contribution in [0.2, 0.25) is 0 Å². The minimum absolute atomic E-state index is 0.0944. The molecule has 0 saturated carbocycles. The number of pyridine rings is 1. The van der Waals surface area contributed by atoms with E-state index in [1.165, 1.54) is 0 Å². The standard InChI is InChI=1S/C15H24N4O3/c1-4-22-8-12-18-13-14(9(2)10(3)17-15(13)16)19(12)5-11(6-20)7-21/h11,20-21H,4-8H2,1-3H3,(H2,16,17). The van der Waals surface area contributed by atoms with Crippen molar-refractivity contribution in [2.75, 3.05) is 25.6 Å². The molecule has 2 rings (SSSR count). The topological polar surface area (TPSA) is 106 Å². The van der Waals surface area contributed by atoms with Crippen molar-refractivity contribution in [1.29, 1.82) is 0 Å². The van der Waals surface area contributed by atoms with Crippen molar-refractivity contribution in [1.82, 2.24) is 14.5 Å². The molecule has 2 aromatic rings. The Kier molecular flexibility index (Phi) is 5.33. The summed E-state index contributed by atoms with van der Waals surface area (Å²) in [6.45, 7) is 6.99. The number of fused-ring (bicyclic) bond motifs is 1. The SMILES string of the molecule is CCOCc1nc2c(N)nc(C)c(C)c2n1CC(CO)CO. The Morgan fingerprint density at radius 3 is 2.50 bits per heavy atom. The van der Waals surface area contributed by atoms with Gasteiger partial charge in [0.2, 0.25) is 0 Å². The average molecular weight is 308 g/mol. The number of nitrogens with zero attached hydrogens (tertiary/aromatic N) is 3. The second-order valence-corrected chi connectivity index (χ2v) is 5.41. The van der Waals surface area contributed by atoms with E-state index in [1.54, 1.807) is 0 Å². The number of aliphatic hydroxyl groups is 2. The first-order valence-electron chi connectivity index (χ1n) is 7.44. The molecule has 0 unspecified atom stereocenters. The molecule has 0 radical (unpaired) electrons. The fourth-order valence-corrected chi connectivity index (χ4v) is 2.48. The van der Waals surface area contributed by atoms with Crippen LogP contribution in [0.15, 0.2) is 0 Å². The maximum Gasteiger partial charge on any atom is 0.151 e. The van der Waals surface area contributed by atoms with Crippen molar-refractivity contribution in [3.05, 3.63) is 17.1 Å². The van der Waals surface area contributed by atoms with Gasteiger partial charge >= 0.3 is 0 Å². The average Bonchev–Trinajstić information content (AvgIpc) is 2.87. The molecule has 0 aliphatic rings. The van der Waals surface area contributed by atoms with Gasteiger partial charge in [0.25, 0.3) is 0 Å². The molecule has 2 heterocycles. The van der Waals surface area contributed by atoms with Crippen LogP contribution >= 0.6 is 0 Å². The van der Waals surface area contributed by atoms with Gasteiger partial charge in [0.05, 0.1) is 5.52 Å². The van der Waals surface area contributed by atoms with Crippen LogP contribution in [0.4, 0.5) is 5.82 Å². The monoisotopic (exact) mass is 308 g/mol. The molecule has 0 atom stereocenters. The zero-order valence-electron chi connectivity index (χ0n) is 13.3. The maximum absolute atomic E-state index is 9.38. The molecule has 4 N–H and O–H groups in total. The third kappa shape index (κ3) is 3.06. The molecule has 0 aliphatic heterocycles. The number of rotatable bonds is 7. The summed E-state index contributed by atoms with van der Waals surface area (Å²) in [7, 11) is 0. The van der Waals surface area contributed by atoms with Crippen molar-refractivity contribution in [3.8, 4) is 0 Å². The molecule has 0 aromatic carbocycles. The van der Waals surface area contributed by atoms with Crippen molar-refractivity contribution in [2.45, 2.75) is 33.9 Å². The van der Waals surface area contributed by atoms with Gasteiger partial charge in [-0.25, -0.2) is 9.97 Å². The highest BCUT2D eigenvalue weighted by atomic mass is 16.5. The van der Waals surface area contributed by atoms with Crippen molar-refractivity contribution < 1.29 is 14.9 Å². The number of nitrogen functional groups attached to an aromatic ring is 1. The lowest BCUT2D eigenvalue weighted by Gasteiger charge is -2.16. The molecule has 22 heavy (non-hydrogen) atoms. The molecule has 0 spiro atoms. The highest BCUT2D eigenvalue weighted by Crippen LogP contribution is 2.27. The van der Waals surface area contributed by atoms with Gasteiger partial charge in [-0.1, -0.05) is 0 Å². The second kappa shape index (κ2) is 7.04. The highest BCUT2D eigenvalue weighted by Gasteiger charge is 2.19. The lowest BCUT2D eigenvalue weighted by atomic mass is 10.1.